The molecule has 0 aliphatic rings. The maximum atomic E-state index is 13.3. The van der Waals surface area contributed by atoms with Gasteiger partial charge in [-0.25, -0.2) is 8.42 Å². The van der Waals surface area contributed by atoms with E-state index in [1.807, 2.05) is 19.9 Å². The zero-order valence-corrected chi connectivity index (χ0v) is 20.7. The predicted octanol–water partition coefficient (Wildman–Crippen LogP) is 3.25. The molecule has 180 valence electrons. The molecular formula is C24H33N3O5S. The van der Waals surface area contributed by atoms with Crippen molar-refractivity contribution in [2.45, 2.75) is 39.7 Å². The lowest BCUT2D eigenvalue weighted by atomic mass is 10.1. The van der Waals surface area contributed by atoms with Gasteiger partial charge in [-0.2, -0.15) is 0 Å². The summed E-state index contributed by atoms with van der Waals surface area (Å²) < 4.78 is 31.5. The number of ether oxygens (including phenoxy) is 1. The second kappa shape index (κ2) is 11.8. The molecule has 0 saturated carbocycles. The molecule has 0 aliphatic heterocycles. The van der Waals surface area contributed by atoms with Crippen molar-refractivity contribution in [3.8, 4) is 0 Å². The van der Waals surface area contributed by atoms with E-state index in [0.29, 0.717) is 36.5 Å². The van der Waals surface area contributed by atoms with E-state index in [0.717, 1.165) is 21.7 Å². The number of para-hydroxylation sites is 1. The van der Waals surface area contributed by atoms with Crippen LogP contribution in [-0.4, -0.2) is 52.8 Å². The van der Waals surface area contributed by atoms with Crippen LogP contribution in [0.3, 0.4) is 0 Å². The van der Waals surface area contributed by atoms with E-state index < -0.39 is 22.0 Å². The Labute approximate surface area is 196 Å². The van der Waals surface area contributed by atoms with Crippen LogP contribution in [0.25, 0.3) is 0 Å². The van der Waals surface area contributed by atoms with Gasteiger partial charge in [0.25, 0.3) is 5.91 Å². The number of nitrogens with zero attached hydrogens (tertiary/aromatic N) is 1. The molecular weight excluding hydrogens is 442 g/mol. The number of aryl methyl sites for hydroxylation is 2. The zero-order chi connectivity index (χ0) is 24.6. The third-order valence-electron chi connectivity index (χ3n) is 5.32. The molecule has 0 bridgehead atoms. The zero-order valence-electron chi connectivity index (χ0n) is 19.8. The molecule has 0 spiro atoms. The SMILES string of the molecule is CC[C@H](C(=O)Nc1ccccc1C(=O)NCCCOC)N(c1ccc(C)c(C)c1)S(C)(=O)=O. The van der Waals surface area contributed by atoms with Gasteiger partial charge in [0, 0.05) is 20.3 Å². The van der Waals surface area contributed by atoms with Crippen molar-refractivity contribution in [1.82, 2.24) is 5.32 Å². The highest BCUT2D eigenvalue weighted by Gasteiger charge is 2.32. The molecule has 0 aromatic heterocycles. The second-order valence-electron chi connectivity index (χ2n) is 7.89. The van der Waals surface area contributed by atoms with Gasteiger partial charge in [0.05, 0.1) is 23.2 Å². The summed E-state index contributed by atoms with van der Waals surface area (Å²) in [6, 6.07) is 10.9. The summed E-state index contributed by atoms with van der Waals surface area (Å²) in [4.78, 5) is 25.9. The van der Waals surface area contributed by atoms with Crippen molar-refractivity contribution in [2.24, 2.45) is 0 Å². The highest BCUT2D eigenvalue weighted by atomic mass is 32.2. The predicted molar refractivity (Wildman–Crippen MR) is 131 cm³/mol. The molecule has 9 heteroatoms. The number of methoxy groups -OCH3 is 1. The molecule has 2 amide bonds. The minimum absolute atomic E-state index is 0.247. The third kappa shape index (κ3) is 7.03. The number of carbonyl (C=O) groups is 2. The Balaban J connectivity index is 2.31. The quantitative estimate of drug-likeness (QED) is 0.486. The van der Waals surface area contributed by atoms with Crippen molar-refractivity contribution in [1.29, 1.82) is 0 Å². The average Bonchev–Trinajstić information content (AvgIpc) is 2.76. The van der Waals surface area contributed by atoms with Crippen molar-refractivity contribution in [3.05, 3.63) is 59.2 Å². The van der Waals surface area contributed by atoms with Gasteiger partial charge < -0.3 is 15.4 Å². The minimum Gasteiger partial charge on any atom is -0.385 e. The maximum absolute atomic E-state index is 13.3. The Hall–Kier alpha value is -2.91. The molecule has 2 N–H and O–H groups in total. The van der Waals surface area contributed by atoms with Crippen LogP contribution >= 0.6 is 0 Å². The van der Waals surface area contributed by atoms with Crippen LogP contribution in [0.1, 0.15) is 41.3 Å². The van der Waals surface area contributed by atoms with Gasteiger partial charge in [0.2, 0.25) is 15.9 Å². The first-order valence-electron chi connectivity index (χ1n) is 10.8. The molecule has 0 fully saturated rings. The Morgan fingerprint density at radius 1 is 1.09 bits per heavy atom. The molecule has 2 rings (SSSR count). The Kier molecular flexibility index (Phi) is 9.43. The van der Waals surface area contributed by atoms with Gasteiger partial charge in [-0.1, -0.05) is 25.1 Å². The van der Waals surface area contributed by atoms with Crippen LogP contribution in [0.15, 0.2) is 42.5 Å². The first-order valence-corrected chi connectivity index (χ1v) is 12.7. The van der Waals surface area contributed by atoms with E-state index in [1.54, 1.807) is 50.4 Å². The molecule has 0 aliphatic carbocycles. The number of hydrogen-bond acceptors (Lipinski definition) is 5. The Morgan fingerprint density at radius 2 is 1.79 bits per heavy atom. The first kappa shape index (κ1) is 26.3. The van der Waals surface area contributed by atoms with Crippen LogP contribution in [-0.2, 0) is 19.6 Å². The Morgan fingerprint density at radius 3 is 2.39 bits per heavy atom. The van der Waals surface area contributed by atoms with Gasteiger partial charge in [-0.3, -0.25) is 13.9 Å². The molecule has 2 aromatic carbocycles. The summed E-state index contributed by atoms with van der Waals surface area (Å²) in [5.74, 6) is -0.843. The number of sulfonamides is 1. The van der Waals surface area contributed by atoms with Crippen LogP contribution in [0, 0.1) is 13.8 Å². The van der Waals surface area contributed by atoms with Gasteiger partial charge in [0.15, 0.2) is 0 Å². The fourth-order valence-corrected chi connectivity index (χ4v) is 4.65. The van der Waals surface area contributed by atoms with Crippen LogP contribution in [0.4, 0.5) is 11.4 Å². The van der Waals surface area contributed by atoms with Gasteiger partial charge >= 0.3 is 0 Å². The number of carbonyl (C=O) groups excluding carboxylic acids is 2. The summed E-state index contributed by atoms with van der Waals surface area (Å²) in [6.45, 7) is 6.53. The summed E-state index contributed by atoms with van der Waals surface area (Å²) in [6.07, 6.45) is 1.99. The summed E-state index contributed by atoms with van der Waals surface area (Å²) in [5, 5.41) is 5.56. The van der Waals surface area contributed by atoms with Crippen molar-refractivity contribution in [2.75, 3.05) is 36.1 Å². The van der Waals surface area contributed by atoms with E-state index in [9.17, 15) is 18.0 Å². The standard InChI is InChI=1S/C24H33N3O5S/c1-6-22(27(33(5,30)31)19-13-12-17(2)18(3)16-19)24(29)26-21-11-8-7-10-20(21)23(28)25-14-9-15-32-4/h7-8,10-13,16,22H,6,9,14-15H2,1-5H3,(H,25,28)(H,26,29)/t22-/m1/s1. The first-order chi connectivity index (χ1) is 15.6. The van der Waals surface area contributed by atoms with E-state index in [-0.39, 0.29) is 12.3 Å². The second-order valence-corrected chi connectivity index (χ2v) is 9.75. The molecule has 0 heterocycles. The lowest BCUT2D eigenvalue weighted by Crippen LogP contribution is -2.47. The lowest BCUT2D eigenvalue weighted by Gasteiger charge is -2.30. The molecule has 2 aromatic rings. The van der Waals surface area contributed by atoms with E-state index in [1.165, 1.54) is 0 Å². The van der Waals surface area contributed by atoms with Gasteiger partial charge in [-0.15, -0.1) is 0 Å². The molecule has 0 saturated heterocycles. The smallest absolute Gasteiger partial charge is 0.253 e. The number of benzene rings is 2. The lowest BCUT2D eigenvalue weighted by molar-refractivity contribution is -0.117. The summed E-state index contributed by atoms with van der Waals surface area (Å²) in [7, 11) is -2.17. The fourth-order valence-electron chi connectivity index (χ4n) is 3.44. The number of anilines is 2. The minimum atomic E-state index is -3.76. The molecule has 1 atom stereocenters. The van der Waals surface area contributed by atoms with Crippen LogP contribution in [0.5, 0.6) is 0 Å². The monoisotopic (exact) mass is 475 g/mol. The van der Waals surface area contributed by atoms with Crippen LogP contribution in [0.2, 0.25) is 0 Å². The normalized spacial score (nSPS) is 12.2. The molecule has 8 nitrogen and oxygen atoms in total. The summed E-state index contributed by atoms with van der Waals surface area (Å²) >= 11 is 0. The molecule has 33 heavy (non-hydrogen) atoms. The van der Waals surface area contributed by atoms with Gasteiger partial charge in [0.1, 0.15) is 6.04 Å². The number of amides is 2. The molecule has 0 unspecified atom stereocenters. The third-order valence-corrected chi connectivity index (χ3v) is 6.49. The largest absolute Gasteiger partial charge is 0.385 e. The fraction of sp³-hybridized carbons (Fsp3) is 0.417. The highest BCUT2D eigenvalue weighted by molar-refractivity contribution is 7.92. The maximum Gasteiger partial charge on any atom is 0.253 e. The number of rotatable bonds is 11. The van der Waals surface area contributed by atoms with Crippen molar-refractivity contribution < 1.29 is 22.7 Å². The summed E-state index contributed by atoms with van der Waals surface area (Å²) in [5.41, 5.74) is 2.99. The Bertz CT molecular complexity index is 1090. The highest BCUT2D eigenvalue weighted by Crippen LogP contribution is 2.26. The van der Waals surface area contributed by atoms with Gasteiger partial charge in [-0.05, 0) is 62.1 Å². The number of hydrogen-bond donors (Lipinski definition) is 2. The van der Waals surface area contributed by atoms with E-state index in [2.05, 4.69) is 10.6 Å². The molecule has 0 radical (unpaired) electrons. The number of nitrogens with one attached hydrogen (secondary N) is 2. The van der Waals surface area contributed by atoms with Crippen molar-refractivity contribution in [3.63, 3.8) is 0 Å². The topological polar surface area (TPSA) is 105 Å². The van der Waals surface area contributed by atoms with E-state index in [4.69, 9.17) is 4.74 Å². The van der Waals surface area contributed by atoms with E-state index >= 15 is 0 Å². The van der Waals surface area contributed by atoms with Crippen LogP contribution < -0.4 is 14.9 Å². The van der Waals surface area contributed by atoms with Crippen molar-refractivity contribution >= 4 is 33.2 Å². The average molecular weight is 476 g/mol.